The second-order valence-electron chi connectivity index (χ2n) is 8.57. The van der Waals surface area contributed by atoms with Crippen molar-refractivity contribution in [3.63, 3.8) is 0 Å². The van der Waals surface area contributed by atoms with E-state index in [0.717, 1.165) is 49.2 Å². The van der Waals surface area contributed by atoms with Gasteiger partial charge < -0.3 is 19.6 Å². The Labute approximate surface area is 193 Å². The fourth-order valence-electron chi connectivity index (χ4n) is 4.14. The molecule has 32 heavy (non-hydrogen) atoms. The second-order valence-corrected chi connectivity index (χ2v) is 8.98. The van der Waals surface area contributed by atoms with Crippen LogP contribution in [-0.2, 0) is 11.2 Å². The van der Waals surface area contributed by atoms with E-state index in [4.69, 9.17) is 16.6 Å². The van der Waals surface area contributed by atoms with Gasteiger partial charge in [0.15, 0.2) is 0 Å². The number of hydrogen-bond donors (Lipinski definition) is 0. The minimum absolute atomic E-state index is 0.0951. The number of benzene rings is 1. The van der Waals surface area contributed by atoms with Gasteiger partial charge in [0, 0.05) is 70.5 Å². The molecular formula is C23H30ClFN6O. The fourth-order valence-corrected chi connectivity index (χ4v) is 4.34. The van der Waals surface area contributed by atoms with Crippen molar-refractivity contribution in [1.29, 1.82) is 0 Å². The van der Waals surface area contributed by atoms with Crippen LogP contribution in [0.4, 0.5) is 16.2 Å². The highest BCUT2D eigenvalue weighted by atomic mass is 35.5. The number of rotatable bonds is 5. The van der Waals surface area contributed by atoms with Gasteiger partial charge in [-0.15, -0.1) is 0 Å². The monoisotopic (exact) mass is 460 g/mol. The van der Waals surface area contributed by atoms with E-state index in [1.165, 1.54) is 6.07 Å². The third-order valence-electron chi connectivity index (χ3n) is 6.18. The average molecular weight is 461 g/mol. The highest BCUT2D eigenvalue weighted by molar-refractivity contribution is 6.30. The molecule has 2 saturated heterocycles. The number of carbonyl (C=O) groups is 1. The number of aryl methyl sites for hydroxylation is 2. The molecule has 0 aliphatic carbocycles. The first-order valence-corrected chi connectivity index (χ1v) is 11.5. The molecule has 1 aromatic carbocycles. The SMILES string of the molecule is Cc1cc(N2CCN(C)CC2)nc(N2CCN(C(=O)CCc3ccc(F)c(Cl)c3)CC2)n1. The molecule has 2 aliphatic rings. The van der Waals surface area contributed by atoms with Gasteiger partial charge in [-0.3, -0.25) is 4.79 Å². The van der Waals surface area contributed by atoms with Crippen LogP contribution in [0.2, 0.25) is 5.02 Å². The first-order chi connectivity index (χ1) is 15.4. The Hall–Kier alpha value is -2.45. The number of carbonyl (C=O) groups excluding carboxylic acids is 1. The van der Waals surface area contributed by atoms with Gasteiger partial charge >= 0.3 is 0 Å². The molecule has 2 aromatic rings. The number of hydrogen-bond acceptors (Lipinski definition) is 6. The van der Waals surface area contributed by atoms with E-state index in [2.05, 4.69) is 32.8 Å². The molecule has 9 heteroatoms. The lowest BCUT2D eigenvalue weighted by molar-refractivity contribution is -0.131. The van der Waals surface area contributed by atoms with Crippen LogP contribution in [0.5, 0.6) is 0 Å². The quantitative estimate of drug-likeness (QED) is 0.683. The van der Waals surface area contributed by atoms with Crippen molar-refractivity contribution < 1.29 is 9.18 Å². The van der Waals surface area contributed by atoms with E-state index in [1.54, 1.807) is 12.1 Å². The van der Waals surface area contributed by atoms with Gasteiger partial charge in [-0.25, -0.2) is 9.37 Å². The lowest BCUT2D eigenvalue weighted by Gasteiger charge is -2.36. The van der Waals surface area contributed by atoms with Gasteiger partial charge in [0.05, 0.1) is 5.02 Å². The zero-order chi connectivity index (χ0) is 22.7. The maximum Gasteiger partial charge on any atom is 0.227 e. The van der Waals surface area contributed by atoms with Gasteiger partial charge in [-0.05, 0) is 38.1 Å². The van der Waals surface area contributed by atoms with E-state index < -0.39 is 5.82 Å². The van der Waals surface area contributed by atoms with Crippen molar-refractivity contribution in [3.05, 3.63) is 46.4 Å². The van der Waals surface area contributed by atoms with Gasteiger partial charge in [0.1, 0.15) is 11.6 Å². The summed E-state index contributed by atoms with van der Waals surface area (Å²) in [7, 11) is 2.14. The Morgan fingerprint density at radius 1 is 1.00 bits per heavy atom. The number of nitrogens with zero attached hydrogens (tertiary/aromatic N) is 6. The molecule has 7 nitrogen and oxygen atoms in total. The summed E-state index contributed by atoms with van der Waals surface area (Å²) in [6.07, 6.45) is 0.935. The van der Waals surface area contributed by atoms with Crippen LogP contribution in [0, 0.1) is 12.7 Å². The highest BCUT2D eigenvalue weighted by Crippen LogP contribution is 2.21. The number of likely N-dealkylation sites (N-methyl/N-ethyl adjacent to an activating group) is 1. The van der Waals surface area contributed by atoms with Crippen molar-refractivity contribution in [2.24, 2.45) is 0 Å². The van der Waals surface area contributed by atoms with Crippen molar-refractivity contribution in [2.75, 3.05) is 69.2 Å². The smallest absolute Gasteiger partial charge is 0.227 e. The maximum absolute atomic E-state index is 13.3. The summed E-state index contributed by atoms with van der Waals surface area (Å²) in [5.74, 6) is 1.39. The summed E-state index contributed by atoms with van der Waals surface area (Å²) in [6, 6.07) is 6.67. The molecular weight excluding hydrogens is 431 g/mol. The van der Waals surface area contributed by atoms with Gasteiger partial charge in [0.2, 0.25) is 11.9 Å². The summed E-state index contributed by atoms with van der Waals surface area (Å²) in [6.45, 7) is 8.70. The third kappa shape index (κ3) is 5.48. The van der Waals surface area contributed by atoms with Crippen molar-refractivity contribution >= 4 is 29.3 Å². The maximum atomic E-state index is 13.3. The number of aromatic nitrogens is 2. The summed E-state index contributed by atoms with van der Waals surface area (Å²) in [5.41, 5.74) is 1.83. The highest BCUT2D eigenvalue weighted by Gasteiger charge is 2.24. The average Bonchev–Trinajstić information content (AvgIpc) is 2.80. The van der Waals surface area contributed by atoms with E-state index >= 15 is 0 Å². The molecule has 0 saturated carbocycles. The van der Waals surface area contributed by atoms with Crippen LogP contribution in [0.1, 0.15) is 17.7 Å². The number of anilines is 2. The normalized spacial score (nSPS) is 17.7. The lowest BCUT2D eigenvalue weighted by Crippen LogP contribution is -2.49. The molecule has 0 spiro atoms. The molecule has 172 valence electrons. The number of amides is 1. The first-order valence-electron chi connectivity index (χ1n) is 11.1. The zero-order valence-electron chi connectivity index (χ0n) is 18.7. The molecule has 0 bridgehead atoms. The number of piperazine rings is 2. The Morgan fingerprint density at radius 3 is 2.38 bits per heavy atom. The lowest BCUT2D eigenvalue weighted by atomic mass is 10.1. The first kappa shape index (κ1) is 22.7. The Balaban J connectivity index is 1.32. The van der Waals surface area contributed by atoms with E-state index in [9.17, 15) is 9.18 Å². The van der Waals surface area contributed by atoms with E-state index in [0.29, 0.717) is 39.0 Å². The third-order valence-corrected chi connectivity index (χ3v) is 6.47. The topological polar surface area (TPSA) is 55.8 Å². The van der Waals surface area contributed by atoms with Gasteiger partial charge in [0.25, 0.3) is 0 Å². The largest absolute Gasteiger partial charge is 0.354 e. The Bertz CT molecular complexity index is 957. The molecule has 0 N–H and O–H groups in total. The van der Waals surface area contributed by atoms with Crippen molar-refractivity contribution in [1.82, 2.24) is 19.8 Å². The molecule has 1 aromatic heterocycles. The Morgan fingerprint density at radius 2 is 1.69 bits per heavy atom. The predicted molar refractivity (Wildman–Crippen MR) is 125 cm³/mol. The van der Waals surface area contributed by atoms with Crippen LogP contribution in [0.15, 0.2) is 24.3 Å². The van der Waals surface area contributed by atoms with Crippen LogP contribution >= 0.6 is 11.6 Å². The fraction of sp³-hybridized carbons (Fsp3) is 0.522. The summed E-state index contributed by atoms with van der Waals surface area (Å²) >= 11 is 5.84. The molecule has 0 atom stereocenters. The van der Waals surface area contributed by atoms with Gasteiger partial charge in [-0.2, -0.15) is 4.98 Å². The standard InChI is InChI=1S/C23H30ClFN6O/c1-17-15-21(29-9-7-28(2)8-10-29)27-23(26-17)31-13-11-30(12-14-31)22(32)6-4-18-3-5-20(25)19(24)16-18/h3,5,15-16H,4,6-14H2,1-2H3. The molecule has 0 radical (unpaired) electrons. The van der Waals surface area contributed by atoms with Crippen LogP contribution in [0.3, 0.4) is 0 Å². The molecule has 3 heterocycles. The molecule has 4 rings (SSSR count). The van der Waals surface area contributed by atoms with Crippen molar-refractivity contribution in [3.8, 4) is 0 Å². The summed E-state index contributed by atoms with van der Waals surface area (Å²) in [5, 5.41) is 0.0951. The molecule has 2 fully saturated rings. The van der Waals surface area contributed by atoms with Crippen LogP contribution < -0.4 is 9.80 Å². The molecule has 2 aliphatic heterocycles. The predicted octanol–water partition coefficient (Wildman–Crippen LogP) is 2.61. The van der Waals surface area contributed by atoms with Crippen LogP contribution in [-0.4, -0.2) is 85.1 Å². The minimum atomic E-state index is -0.438. The van der Waals surface area contributed by atoms with E-state index in [1.807, 2.05) is 11.8 Å². The van der Waals surface area contributed by atoms with E-state index in [-0.39, 0.29) is 10.9 Å². The van der Waals surface area contributed by atoms with Crippen molar-refractivity contribution in [2.45, 2.75) is 19.8 Å². The molecule has 0 unspecified atom stereocenters. The molecule has 1 amide bonds. The summed E-state index contributed by atoms with van der Waals surface area (Å²) < 4.78 is 13.3. The number of halogens is 2. The van der Waals surface area contributed by atoms with Crippen LogP contribution in [0.25, 0.3) is 0 Å². The minimum Gasteiger partial charge on any atom is -0.354 e. The second kappa shape index (κ2) is 10.0. The summed E-state index contributed by atoms with van der Waals surface area (Å²) in [4.78, 5) is 30.9. The Kier molecular flexibility index (Phi) is 7.10. The zero-order valence-corrected chi connectivity index (χ0v) is 19.5. The van der Waals surface area contributed by atoms with Gasteiger partial charge in [-0.1, -0.05) is 17.7 Å².